The summed E-state index contributed by atoms with van der Waals surface area (Å²) in [5.74, 6) is 0.337. The van der Waals surface area contributed by atoms with E-state index in [-0.39, 0.29) is 18.8 Å². The van der Waals surface area contributed by atoms with Crippen LogP contribution in [0.3, 0.4) is 0 Å². The molecule has 15 heavy (non-hydrogen) atoms. The van der Waals surface area contributed by atoms with E-state index in [1.54, 1.807) is 4.90 Å². The molecule has 5 heteroatoms. The summed E-state index contributed by atoms with van der Waals surface area (Å²) in [5.41, 5.74) is 0. The molecule has 0 aromatic carbocycles. The second kappa shape index (κ2) is 5.92. The molecule has 1 fully saturated rings. The SMILES string of the molecule is CC(C)COC(=O)N1CCO[C@H](CO)C1. The maximum Gasteiger partial charge on any atom is 0.409 e. The normalized spacial score (nSPS) is 21.9. The molecule has 0 aliphatic carbocycles. The number of amides is 1. The summed E-state index contributed by atoms with van der Waals surface area (Å²) >= 11 is 0. The maximum atomic E-state index is 11.5. The van der Waals surface area contributed by atoms with Gasteiger partial charge < -0.3 is 19.5 Å². The van der Waals surface area contributed by atoms with Gasteiger partial charge in [0, 0.05) is 6.54 Å². The van der Waals surface area contributed by atoms with Crippen LogP contribution < -0.4 is 0 Å². The third-order valence-corrected chi connectivity index (χ3v) is 2.14. The minimum Gasteiger partial charge on any atom is -0.449 e. The van der Waals surface area contributed by atoms with Crippen LogP contribution >= 0.6 is 0 Å². The van der Waals surface area contributed by atoms with E-state index < -0.39 is 0 Å². The summed E-state index contributed by atoms with van der Waals surface area (Å²) in [5, 5.41) is 8.90. The second-order valence-electron chi connectivity index (χ2n) is 4.09. The van der Waals surface area contributed by atoms with Crippen molar-refractivity contribution in [1.29, 1.82) is 0 Å². The van der Waals surface area contributed by atoms with E-state index in [1.807, 2.05) is 13.8 Å². The van der Waals surface area contributed by atoms with E-state index in [0.29, 0.717) is 32.2 Å². The average Bonchev–Trinajstić information content (AvgIpc) is 2.26. The fourth-order valence-electron chi connectivity index (χ4n) is 1.32. The first-order valence-corrected chi connectivity index (χ1v) is 5.27. The van der Waals surface area contributed by atoms with E-state index in [4.69, 9.17) is 14.6 Å². The molecule has 88 valence electrons. The first kappa shape index (κ1) is 12.3. The van der Waals surface area contributed by atoms with Gasteiger partial charge in [-0.25, -0.2) is 4.79 Å². The van der Waals surface area contributed by atoms with Gasteiger partial charge in [0.25, 0.3) is 0 Å². The largest absolute Gasteiger partial charge is 0.449 e. The minimum absolute atomic E-state index is 0.0615. The molecule has 1 amide bonds. The molecule has 0 unspecified atom stereocenters. The molecule has 0 aromatic heterocycles. The Balaban J connectivity index is 2.32. The molecule has 1 saturated heterocycles. The van der Waals surface area contributed by atoms with Crippen molar-refractivity contribution in [3.63, 3.8) is 0 Å². The number of carbonyl (C=O) groups excluding carboxylic acids is 1. The van der Waals surface area contributed by atoms with Gasteiger partial charge in [-0.15, -0.1) is 0 Å². The van der Waals surface area contributed by atoms with Crippen LogP contribution in [0.1, 0.15) is 13.8 Å². The molecule has 0 radical (unpaired) electrons. The summed E-state index contributed by atoms with van der Waals surface area (Å²) in [4.78, 5) is 13.1. The summed E-state index contributed by atoms with van der Waals surface area (Å²) in [7, 11) is 0. The zero-order chi connectivity index (χ0) is 11.3. The van der Waals surface area contributed by atoms with Crippen molar-refractivity contribution >= 4 is 6.09 Å². The average molecular weight is 217 g/mol. The Kier molecular flexibility index (Phi) is 4.84. The van der Waals surface area contributed by atoms with Gasteiger partial charge in [0.15, 0.2) is 0 Å². The summed E-state index contributed by atoms with van der Waals surface area (Å²) in [6.07, 6.45) is -0.587. The third kappa shape index (κ3) is 4.05. The Morgan fingerprint density at radius 2 is 2.40 bits per heavy atom. The molecule has 1 aliphatic rings. The molecule has 1 aliphatic heterocycles. The van der Waals surface area contributed by atoms with Crippen LogP contribution in [-0.4, -0.2) is 55.1 Å². The molecular formula is C10H19NO4. The number of carbonyl (C=O) groups is 1. The molecule has 0 spiro atoms. The lowest BCUT2D eigenvalue weighted by atomic mass is 10.2. The number of morpholine rings is 1. The van der Waals surface area contributed by atoms with Crippen molar-refractivity contribution in [3.8, 4) is 0 Å². The van der Waals surface area contributed by atoms with Crippen LogP contribution in [0.25, 0.3) is 0 Å². The van der Waals surface area contributed by atoms with Gasteiger partial charge >= 0.3 is 6.09 Å². The maximum absolute atomic E-state index is 11.5. The fourth-order valence-corrected chi connectivity index (χ4v) is 1.32. The van der Waals surface area contributed by atoms with Crippen molar-refractivity contribution in [2.24, 2.45) is 5.92 Å². The van der Waals surface area contributed by atoms with Gasteiger partial charge in [-0.1, -0.05) is 13.8 Å². The second-order valence-corrected chi connectivity index (χ2v) is 4.09. The minimum atomic E-state index is -0.314. The number of nitrogens with zero attached hydrogens (tertiary/aromatic N) is 1. The highest BCUT2D eigenvalue weighted by atomic mass is 16.6. The van der Waals surface area contributed by atoms with Gasteiger partial charge in [0.2, 0.25) is 0 Å². The van der Waals surface area contributed by atoms with E-state index >= 15 is 0 Å². The van der Waals surface area contributed by atoms with Gasteiger partial charge in [-0.3, -0.25) is 0 Å². The van der Waals surface area contributed by atoms with Gasteiger partial charge in [-0.05, 0) is 5.92 Å². The van der Waals surface area contributed by atoms with Crippen molar-refractivity contribution in [3.05, 3.63) is 0 Å². The van der Waals surface area contributed by atoms with Crippen molar-refractivity contribution in [1.82, 2.24) is 4.90 Å². The number of ether oxygens (including phenoxy) is 2. The summed E-state index contributed by atoms with van der Waals surface area (Å²) in [6.45, 7) is 5.75. The number of hydrogen-bond donors (Lipinski definition) is 1. The molecule has 1 heterocycles. The Hall–Kier alpha value is -0.810. The van der Waals surface area contributed by atoms with Crippen LogP contribution in [0.4, 0.5) is 4.79 Å². The Bertz CT molecular complexity index is 208. The topological polar surface area (TPSA) is 59.0 Å². The third-order valence-electron chi connectivity index (χ3n) is 2.14. The lowest BCUT2D eigenvalue weighted by molar-refractivity contribution is -0.0503. The Morgan fingerprint density at radius 3 is 3.00 bits per heavy atom. The van der Waals surface area contributed by atoms with E-state index in [9.17, 15) is 4.79 Å². The van der Waals surface area contributed by atoms with E-state index in [2.05, 4.69) is 0 Å². The van der Waals surface area contributed by atoms with Gasteiger partial charge in [-0.2, -0.15) is 0 Å². The van der Waals surface area contributed by atoms with Crippen LogP contribution in [0.5, 0.6) is 0 Å². The lowest BCUT2D eigenvalue weighted by Gasteiger charge is -2.31. The van der Waals surface area contributed by atoms with Gasteiger partial charge in [0.1, 0.15) is 0 Å². The zero-order valence-electron chi connectivity index (χ0n) is 9.31. The fraction of sp³-hybridized carbons (Fsp3) is 0.900. The number of aliphatic hydroxyl groups excluding tert-OH is 1. The number of aliphatic hydroxyl groups is 1. The monoisotopic (exact) mass is 217 g/mol. The Morgan fingerprint density at radius 1 is 1.67 bits per heavy atom. The quantitative estimate of drug-likeness (QED) is 0.746. The van der Waals surface area contributed by atoms with Crippen LogP contribution in [-0.2, 0) is 9.47 Å². The standard InChI is InChI=1S/C10H19NO4/c1-8(2)7-15-10(13)11-3-4-14-9(5-11)6-12/h8-9,12H,3-7H2,1-2H3/t9-/m0/s1. The smallest absolute Gasteiger partial charge is 0.409 e. The highest BCUT2D eigenvalue weighted by molar-refractivity contribution is 5.67. The molecule has 0 bridgehead atoms. The van der Waals surface area contributed by atoms with Gasteiger partial charge in [0.05, 0.1) is 32.5 Å². The number of rotatable bonds is 3. The zero-order valence-corrected chi connectivity index (χ0v) is 9.31. The molecule has 5 nitrogen and oxygen atoms in total. The summed E-state index contributed by atoms with van der Waals surface area (Å²) < 4.78 is 10.3. The molecule has 1 N–H and O–H groups in total. The van der Waals surface area contributed by atoms with Crippen molar-refractivity contribution in [2.75, 3.05) is 32.9 Å². The molecule has 1 atom stereocenters. The molecule has 1 rings (SSSR count). The van der Waals surface area contributed by atoms with Crippen LogP contribution in [0.15, 0.2) is 0 Å². The molecular weight excluding hydrogens is 198 g/mol. The number of hydrogen-bond acceptors (Lipinski definition) is 4. The first-order chi connectivity index (χ1) is 7.13. The Labute approximate surface area is 90.0 Å². The summed E-state index contributed by atoms with van der Waals surface area (Å²) in [6, 6.07) is 0. The highest BCUT2D eigenvalue weighted by Gasteiger charge is 2.24. The van der Waals surface area contributed by atoms with Crippen LogP contribution in [0.2, 0.25) is 0 Å². The molecule has 0 aromatic rings. The first-order valence-electron chi connectivity index (χ1n) is 5.27. The predicted octanol–water partition coefficient (Wildman–Crippen LogP) is 0.472. The van der Waals surface area contributed by atoms with E-state index in [1.165, 1.54) is 0 Å². The van der Waals surface area contributed by atoms with Crippen LogP contribution in [0, 0.1) is 5.92 Å². The predicted molar refractivity (Wildman–Crippen MR) is 54.6 cm³/mol. The van der Waals surface area contributed by atoms with Crippen molar-refractivity contribution in [2.45, 2.75) is 20.0 Å². The lowest BCUT2D eigenvalue weighted by Crippen LogP contribution is -2.47. The molecule has 0 saturated carbocycles. The van der Waals surface area contributed by atoms with Crippen molar-refractivity contribution < 1.29 is 19.4 Å². The van der Waals surface area contributed by atoms with E-state index in [0.717, 1.165) is 0 Å². The highest BCUT2D eigenvalue weighted by Crippen LogP contribution is 2.07.